The van der Waals surface area contributed by atoms with E-state index in [4.69, 9.17) is 4.98 Å². The van der Waals surface area contributed by atoms with Crippen molar-refractivity contribution in [2.75, 3.05) is 32.1 Å². The standard InChI is InChI=1S/C24H28BrN5O3/c1-16-6-3-4-8-18(16)20-12-21(30-24(28-20)19(25)14-27-30)26-13-17-7-5-11-29(15-17)22(31)9-10-23(32)33-2/h3-4,6,8,12,14,17,26H,5,7,9-11,13,15H2,1-2H3. The fourth-order valence-corrected chi connectivity index (χ4v) is 4.58. The molecule has 0 bridgehead atoms. The molecule has 9 heteroatoms. The van der Waals surface area contributed by atoms with Crippen LogP contribution in [0.5, 0.6) is 0 Å². The van der Waals surface area contributed by atoms with Gasteiger partial charge in [0.15, 0.2) is 5.65 Å². The fraction of sp³-hybridized carbons (Fsp3) is 0.417. The summed E-state index contributed by atoms with van der Waals surface area (Å²) in [6, 6.07) is 10.2. The third kappa shape index (κ3) is 5.35. The van der Waals surface area contributed by atoms with Gasteiger partial charge in [0.2, 0.25) is 5.91 Å². The van der Waals surface area contributed by atoms with Crippen molar-refractivity contribution in [3.05, 3.63) is 46.6 Å². The number of carbonyl (C=O) groups is 2. The van der Waals surface area contributed by atoms with Crippen molar-refractivity contribution < 1.29 is 14.3 Å². The van der Waals surface area contributed by atoms with Gasteiger partial charge in [0.1, 0.15) is 5.82 Å². The number of hydrogen-bond acceptors (Lipinski definition) is 6. The Morgan fingerprint density at radius 1 is 1.27 bits per heavy atom. The highest BCUT2D eigenvalue weighted by molar-refractivity contribution is 9.10. The number of likely N-dealkylation sites (tertiary alicyclic amines) is 1. The number of hydrogen-bond donors (Lipinski definition) is 1. The normalized spacial score (nSPS) is 16.1. The van der Waals surface area contributed by atoms with Crippen molar-refractivity contribution in [1.29, 1.82) is 0 Å². The van der Waals surface area contributed by atoms with Gasteiger partial charge in [0.25, 0.3) is 0 Å². The molecule has 0 saturated carbocycles. The van der Waals surface area contributed by atoms with Crippen LogP contribution in [-0.4, -0.2) is 58.1 Å². The second kappa shape index (κ2) is 10.3. The number of aromatic nitrogens is 3. The number of aryl methyl sites for hydroxylation is 1. The number of nitrogens with zero attached hydrogens (tertiary/aromatic N) is 4. The largest absolute Gasteiger partial charge is 0.469 e. The summed E-state index contributed by atoms with van der Waals surface area (Å²) < 4.78 is 7.28. The molecule has 33 heavy (non-hydrogen) atoms. The zero-order valence-corrected chi connectivity index (χ0v) is 20.5. The SMILES string of the molecule is COC(=O)CCC(=O)N1CCCC(CNc2cc(-c3ccccc3C)nc3c(Br)cnn23)C1. The van der Waals surface area contributed by atoms with E-state index in [0.717, 1.165) is 52.1 Å². The van der Waals surface area contributed by atoms with Gasteiger partial charge in [0.05, 0.1) is 29.9 Å². The first kappa shape index (κ1) is 23.2. The Morgan fingerprint density at radius 3 is 2.88 bits per heavy atom. The topological polar surface area (TPSA) is 88.8 Å². The lowest BCUT2D eigenvalue weighted by atomic mass is 9.97. The van der Waals surface area contributed by atoms with Crippen molar-refractivity contribution in [3.8, 4) is 11.3 Å². The second-order valence-corrected chi connectivity index (χ2v) is 9.23. The smallest absolute Gasteiger partial charge is 0.306 e. The van der Waals surface area contributed by atoms with Gasteiger partial charge in [-0.05, 0) is 47.2 Å². The van der Waals surface area contributed by atoms with Gasteiger partial charge in [-0.2, -0.15) is 9.61 Å². The molecule has 1 aromatic carbocycles. The summed E-state index contributed by atoms with van der Waals surface area (Å²) in [6.45, 7) is 4.20. The number of esters is 1. The first-order valence-corrected chi connectivity index (χ1v) is 11.9. The van der Waals surface area contributed by atoms with E-state index >= 15 is 0 Å². The quantitative estimate of drug-likeness (QED) is 0.479. The number of fused-ring (bicyclic) bond motifs is 1. The third-order valence-electron chi connectivity index (χ3n) is 6.06. The number of carbonyl (C=O) groups excluding carboxylic acids is 2. The van der Waals surface area contributed by atoms with E-state index in [1.807, 2.05) is 23.1 Å². The number of ether oxygens (including phenoxy) is 1. The van der Waals surface area contributed by atoms with Crippen molar-refractivity contribution in [2.24, 2.45) is 5.92 Å². The van der Waals surface area contributed by atoms with E-state index in [1.165, 1.54) is 7.11 Å². The fourth-order valence-electron chi connectivity index (χ4n) is 4.24. The number of halogens is 1. The predicted molar refractivity (Wildman–Crippen MR) is 130 cm³/mol. The van der Waals surface area contributed by atoms with E-state index < -0.39 is 0 Å². The van der Waals surface area contributed by atoms with Gasteiger partial charge in [-0.1, -0.05) is 24.3 Å². The van der Waals surface area contributed by atoms with Crippen LogP contribution < -0.4 is 5.32 Å². The monoisotopic (exact) mass is 513 g/mol. The Kier molecular flexibility index (Phi) is 7.27. The Bertz CT molecular complexity index is 1160. The maximum atomic E-state index is 12.5. The van der Waals surface area contributed by atoms with Gasteiger partial charge >= 0.3 is 5.97 Å². The van der Waals surface area contributed by atoms with E-state index in [0.29, 0.717) is 19.0 Å². The molecule has 1 fully saturated rings. The summed E-state index contributed by atoms with van der Waals surface area (Å²) >= 11 is 3.56. The molecule has 1 unspecified atom stereocenters. The van der Waals surface area contributed by atoms with Crippen LogP contribution in [0.15, 0.2) is 41.0 Å². The molecule has 0 aliphatic carbocycles. The molecule has 8 nitrogen and oxygen atoms in total. The van der Waals surface area contributed by atoms with E-state index in [1.54, 1.807) is 10.7 Å². The average molecular weight is 514 g/mol. The van der Waals surface area contributed by atoms with Crippen LogP contribution in [0, 0.1) is 12.8 Å². The average Bonchev–Trinajstić information content (AvgIpc) is 3.22. The molecule has 1 aliphatic rings. The van der Waals surface area contributed by atoms with E-state index in [9.17, 15) is 9.59 Å². The van der Waals surface area contributed by atoms with Crippen molar-refractivity contribution >= 4 is 39.3 Å². The van der Waals surface area contributed by atoms with Crippen LogP contribution in [0.25, 0.3) is 16.9 Å². The van der Waals surface area contributed by atoms with Crippen molar-refractivity contribution in [3.63, 3.8) is 0 Å². The maximum Gasteiger partial charge on any atom is 0.306 e. The number of methoxy groups -OCH3 is 1. The van der Waals surface area contributed by atoms with E-state index in [-0.39, 0.29) is 24.7 Å². The summed E-state index contributed by atoms with van der Waals surface area (Å²) in [6.07, 6.45) is 4.05. The third-order valence-corrected chi connectivity index (χ3v) is 6.62. The van der Waals surface area contributed by atoms with Crippen molar-refractivity contribution in [1.82, 2.24) is 19.5 Å². The van der Waals surface area contributed by atoms with Crippen LogP contribution in [-0.2, 0) is 14.3 Å². The van der Waals surface area contributed by atoms with Crippen molar-refractivity contribution in [2.45, 2.75) is 32.6 Å². The molecule has 1 atom stereocenters. The Labute approximate surface area is 201 Å². The first-order chi connectivity index (χ1) is 16.0. The van der Waals surface area contributed by atoms with Gasteiger partial charge in [-0.15, -0.1) is 0 Å². The molecule has 1 aliphatic heterocycles. The van der Waals surface area contributed by atoms with Crippen LogP contribution in [0.4, 0.5) is 5.82 Å². The summed E-state index contributed by atoms with van der Waals surface area (Å²) in [5.41, 5.74) is 3.87. The zero-order chi connectivity index (χ0) is 23.4. The van der Waals surface area contributed by atoms with Crippen LogP contribution in [0.2, 0.25) is 0 Å². The minimum atomic E-state index is -0.352. The van der Waals surface area contributed by atoms with E-state index in [2.05, 4.69) is 50.1 Å². The lowest BCUT2D eigenvalue weighted by Crippen LogP contribution is -2.42. The number of amides is 1. The highest BCUT2D eigenvalue weighted by atomic mass is 79.9. The molecule has 3 heterocycles. The Morgan fingerprint density at radius 2 is 2.09 bits per heavy atom. The Balaban J connectivity index is 1.48. The molecule has 174 valence electrons. The molecular formula is C24H28BrN5O3. The second-order valence-electron chi connectivity index (χ2n) is 8.37. The minimum Gasteiger partial charge on any atom is -0.469 e. The molecule has 1 saturated heterocycles. The molecule has 1 amide bonds. The molecule has 3 aromatic rings. The molecular weight excluding hydrogens is 486 g/mol. The minimum absolute atomic E-state index is 0.00856. The molecule has 4 rings (SSSR count). The van der Waals surface area contributed by atoms with Crippen LogP contribution >= 0.6 is 15.9 Å². The molecule has 0 radical (unpaired) electrons. The summed E-state index contributed by atoms with van der Waals surface area (Å²) in [7, 11) is 1.34. The highest BCUT2D eigenvalue weighted by Crippen LogP contribution is 2.28. The zero-order valence-electron chi connectivity index (χ0n) is 18.9. The maximum absolute atomic E-state index is 12.5. The van der Waals surface area contributed by atoms with Crippen LogP contribution in [0.3, 0.4) is 0 Å². The lowest BCUT2D eigenvalue weighted by molar-refractivity contribution is -0.144. The number of anilines is 1. The predicted octanol–water partition coefficient (Wildman–Crippen LogP) is 4.07. The van der Waals surface area contributed by atoms with Gasteiger partial charge in [0, 0.05) is 37.7 Å². The number of benzene rings is 1. The van der Waals surface area contributed by atoms with Gasteiger partial charge in [-0.25, -0.2) is 4.98 Å². The lowest BCUT2D eigenvalue weighted by Gasteiger charge is -2.33. The Hall–Kier alpha value is -2.94. The molecule has 2 aromatic heterocycles. The number of rotatable bonds is 7. The van der Waals surface area contributed by atoms with Gasteiger partial charge < -0.3 is 15.0 Å². The summed E-state index contributed by atoms with van der Waals surface area (Å²) in [4.78, 5) is 30.6. The summed E-state index contributed by atoms with van der Waals surface area (Å²) in [5.74, 6) is 0.826. The molecule has 1 N–H and O–H groups in total. The molecule has 0 spiro atoms. The highest BCUT2D eigenvalue weighted by Gasteiger charge is 2.24. The van der Waals surface area contributed by atoms with Gasteiger partial charge in [-0.3, -0.25) is 9.59 Å². The summed E-state index contributed by atoms with van der Waals surface area (Å²) in [5, 5.41) is 8.01. The number of nitrogens with one attached hydrogen (secondary N) is 1. The first-order valence-electron chi connectivity index (χ1n) is 11.1. The number of piperidine rings is 1. The van der Waals surface area contributed by atoms with Crippen LogP contribution in [0.1, 0.15) is 31.2 Å².